The van der Waals surface area contributed by atoms with E-state index in [1.54, 1.807) is 0 Å². The summed E-state index contributed by atoms with van der Waals surface area (Å²) in [6.07, 6.45) is 0. The van der Waals surface area contributed by atoms with Gasteiger partial charge in [-0.05, 0) is 85.4 Å². The molecule has 0 aliphatic carbocycles. The average Bonchev–Trinajstić information content (AvgIpc) is 2.32. The lowest BCUT2D eigenvalue weighted by molar-refractivity contribution is 0.103. The number of hydrogen-bond donors (Lipinski definition) is 0. The van der Waals surface area contributed by atoms with E-state index in [1.165, 1.54) is 0 Å². The Morgan fingerprint density at radius 2 is 1.76 bits per heavy atom. The molecule has 0 aliphatic rings. The second-order valence-electron chi connectivity index (χ2n) is 3.44. The van der Waals surface area contributed by atoms with Crippen LogP contribution < -0.4 is 0 Å². The number of ketones is 1. The first kappa shape index (κ1) is 13.5. The van der Waals surface area contributed by atoms with Crippen molar-refractivity contribution in [2.75, 3.05) is 0 Å². The molecule has 2 rings (SSSR count). The van der Waals surface area contributed by atoms with Gasteiger partial charge in [0.05, 0.1) is 0 Å². The summed E-state index contributed by atoms with van der Waals surface area (Å²) in [6.45, 7) is 0. The highest BCUT2D eigenvalue weighted by Gasteiger charge is 2.13. The maximum absolute atomic E-state index is 12.3. The van der Waals surface area contributed by atoms with Crippen molar-refractivity contribution >= 4 is 66.9 Å². The summed E-state index contributed by atoms with van der Waals surface area (Å²) in [7, 11) is 0. The number of carbonyl (C=O) groups excluding carboxylic acids is 1. The molecule has 0 saturated heterocycles. The van der Waals surface area contributed by atoms with Crippen molar-refractivity contribution in [3.63, 3.8) is 0 Å². The van der Waals surface area contributed by atoms with Crippen LogP contribution in [0.4, 0.5) is 0 Å². The highest BCUT2D eigenvalue weighted by molar-refractivity contribution is 14.1. The largest absolute Gasteiger partial charge is 0.289 e. The summed E-state index contributed by atoms with van der Waals surface area (Å²) in [5.74, 6) is 0.0499. The van der Waals surface area contributed by atoms with Crippen molar-refractivity contribution < 1.29 is 4.79 Å². The minimum Gasteiger partial charge on any atom is -0.289 e. The van der Waals surface area contributed by atoms with Gasteiger partial charge in [-0.25, -0.2) is 0 Å². The molecule has 0 unspecified atom stereocenters. The first-order valence-corrected chi connectivity index (χ1v) is 7.79. The molecule has 0 radical (unpaired) electrons. The van der Waals surface area contributed by atoms with Crippen molar-refractivity contribution in [3.8, 4) is 0 Å². The molecule has 0 saturated carbocycles. The van der Waals surface area contributed by atoms with Crippen LogP contribution >= 0.6 is 61.1 Å². The van der Waals surface area contributed by atoms with E-state index in [1.807, 2.05) is 42.5 Å². The fraction of sp³-hybridized carbons (Fsp3) is 0. The number of rotatable bonds is 2. The van der Waals surface area contributed by atoms with Crippen molar-refractivity contribution in [1.82, 2.24) is 0 Å². The third-order valence-corrected chi connectivity index (χ3v) is 5.45. The Labute approximate surface area is 135 Å². The van der Waals surface area contributed by atoms with Crippen molar-refractivity contribution in [2.24, 2.45) is 0 Å². The van der Waals surface area contributed by atoms with E-state index in [-0.39, 0.29) is 5.78 Å². The quantitative estimate of drug-likeness (QED) is 0.414. The van der Waals surface area contributed by atoms with Crippen LogP contribution in [0.3, 0.4) is 0 Å². The maximum atomic E-state index is 12.3. The third-order valence-electron chi connectivity index (χ3n) is 2.28. The van der Waals surface area contributed by atoms with Gasteiger partial charge in [0.25, 0.3) is 0 Å². The first-order chi connectivity index (χ1) is 8.09. The summed E-state index contributed by atoms with van der Waals surface area (Å²) in [5.41, 5.74) is 1.43. The van der Waals surface area contributed by atoms with E-state index in [4.69, 9.17) is 0 Å². The lowest BCUT2D eigenvalue weighted by atomic mass is 10.0. The zero-order valence-electron chi connectivity index (χ0n) is 8.58. The third kappa shape index (κ3) is 3.08. The standard InChI is InChI=1S/C13H7BrI2O/c14-12-10(5-2-6-11(12)16)13(17)8-3-1-4-9(15)7-8/h1-7H. The molecule has 86 valence electrons. The average molecular weight is 513 g/mol. The minimum absolute atomic E-state index is 0.0499. The predicted octanol–water partition coefficient (Wildman–Crippen LogP) is 4.89. The molecule has 0 fully saturated rings. The number of hydrogen-bond acceptors (Lipinski definition) is 1. The van der Waals surface area contributed by atoms with Crippen LogP contribution in [0.1, 0.15) is 15.9 Å². The molecule has 2 aromatic carbocycles. The molecule has 0 aromatic heterocycles. The molecule has 0 N–H and O–H groups in total. The van der Waals surface area contributed by atoms with Crippen LogP contribution in [0.5, 0.6) is 0 Å². The van der Waals surface area contributed by atoms with E-state index in [0.29, 0.717) is 5.56 Å². The Morgan fingerprint density at radius 1 is 1.06 bits per heavy atom. The van der Waals surface area contributed by atoms with Gasteiger partial charge < -0.3 is 0 Å². The maximum Gasteiger partial charge on any atom is 0.194 e. The lowest BCUT2D eigenvalue weighted by Gasteiger charge is -2.05. The number of carbonyl (C=O) groups is 1. The van der Waals surface area contributed by atoms with Crippen molar-refractivity contribution in [2.45, 2.75) is 0 Å². The zero-order chi connectivity index (χ0) is 12.4. The molecular formula is C13H7BrI2O. The van der Waals surface area contributed by atoms with Crippen LogP contribution in [0.25, 0.3) is 0 Å². The molecule has 0 heterocycles. The van der Waals surface area contributed by atoms with E-state index in [9.17, 15) is 4.79 Å². The van der Waals surface area contributed by atoms with Gasteiger partial charge in [-0.1, -0.05) is 18.2 Å². The molecule has 0 bridgehead atoms. The second-order valence-corrected chi connectivity index (χ2v) is 6.64. The second kappa shape index (κ2) is 5.79. The van der Waals surface area contributed by atoms with Crippen LogP contribution in [-0.2, 0) is 0 Å². The Kier molecular flexibility index (Phi) is 4.59. The van der Waals surface area contributed by atoms with Gasteiger partial charge in [-0.2, -0.15) is 0 Å². The summed E-state index contributed by atoms with van der Waals surface area (Å²) in [4.78, 5) is 12.3. The van der Waals surface area contributed by atoms with Gasteiger partial charge >= 0.3 is 0 Å². The Bertz CT molecular complexity index is 581. The lowest BCUT2D eigenvalue weighted by Crippen LogP contribution is -2.03. The molecular weight excluding hydrogens is 506 g/mol. The number of halogens is 3. The van der Waals surface area contributed by atoms with E-state index < -0.39 is 0 Å². The van der Waals surface area contributed by atoms with Gasteiger partial charge in [0.15, 0.2) is 5.78 Å². The van der Waals surface area contributed by atoms with Gasteiger partial charge in [0.2, 0.25) is 0 Å². The van der Waals surface area contributed by atoms with Crippen LogP contribution in [0.2, 0.25) is 0 Å². The van der Waals surface area contributed by atoms with Gasteiger partial charge in [-0.15, -0.1) is 0 Å². The highest BCUT2D eigenvalue weighted by atomic mass is 127. The molecule has 0 spiro atoms. The molecule has 2 aromatic rings. The monoisotopic (exact) mass is 512 g/mol. The van der Waals surface area contributed by atoms with Gasteiger partial charge in [0, 0.05) is 22.7 Å². The minimum atomic E-state index is 0.0499. The fourth-order valence-electron chi connectivity index (χ4n) is 1.46. The summed E-state index contributed by atoms with van der Waals surface area (Å²) in [6, 6.07) is 13.3. The van der Waals surface area contributed by atoms with Gasteiger partial charge in [-0.3, -0.25) is 4.79 Å². The van der Waals surface area contributed by atoms with E-state index in [0.717, 1.165) is 17.2 Å². The van der Waals surface area contributed by atoms with Crippen LogP contribution in [-0.4, -0.2) is 5.78 Å². The molecule has 17 heavy (non-hydrogen) atoms. The van der Waals surface area contributed by atoms with Crippen LogP contribution in [0, 0.1) is 7.14 Å². The van der Waals surface area contributed by atoms with E-state index in [2.05, 4.69) is 61.1 Å². The highest BCUT2D eigenvalue weighted by Crippen LogP contribution is 2.25. The zero-order valence-corrected chi connectivity index (χ0v) is 14.5. The summed E-state index contributed by atoms with van der Waals surface area (Å²) in [5, 5.41) is 0. The Morgan fingerprint density at radius 3 is 2.47 bits per heavy atom. The molecule has 0 aliphatic heterocycles. The number of benzene rings is 2. The summed E-state index contributed by atoms with van der Waals surface area (Å²) < 4.78 is 2.97. The first-order valence-electron chi connectivity index (χ1n) is 4.84. The normalized spacial score (nSPS) is 10.3. The predicted molar refractivity (Wildman–Crippen MR) is 89.5 cm³/mol. The van der Waals surface area contributed by atoms with Crippen LogP contribution in [0.15, 0.2) is 46.9 Å². The molecule has 0 amide bonds. The summed E-state index contributed by atoms with van der Waals surface area (Å²) >= 11 is 7.88. The van der Waals surface area contributed by atoms with Crippen molar-refractivity contribution in [3.05, 3.63) is 65.2 Å². The molecule has 0 atom stereocenters. The topological polar surface area (TPSA) is 17.1 Å². The Balaban J connectivity index is 2.48. The fourth-order valence-corrected chi connectivity index (χ4v) is 2.95. The SMILES string of the molecule is O=C(c1cccc(I)c1)c1cccc(I)c1Br. The smallest absolute Gasteiger partial charge is 0.194 e. The van der Waals surface area contributed by atoms with Crippen molar-refractivity contribution in [1.29, 1.82) is 0 Å². The molecule has 1 nitrogen and oxygen atoms in total. The Hall–Kier alpha value is 0.0500. The van der Waals surface area contributed by atoms with Gasteiger partial charge in [0.1, 0.15) is 0 Å². The molecule has 4 heteroatoms. The van der Waals surface area contributed by atoms with E-state index >= 15 is 0 Å².